The van der Waals surface area contributed by atoms with Gasteiger partial charge in [-0.3, -0.25) is 9.59 Å². The second-order valence-corrected chi connectivity index (χ2v) is 20.0. The van der Waals surface area contributed by atoms with Crippen LogP contribution in [0.1, 0.15) is 153 Å². The molecule has 0 unspecified atom stereocenters. The molecule has 386 valence electrons. The van der Waals surface area contributed by atoms with Gasteiger partial charge in [-0.1, -0.05) is 125 Å². The van der Waals surface area contributed by atoms with Gasteiger partial charge in [-0.15, -0.1) is 0 Å². The number of hydrogen-bond donors (Lipinski definition) is 7. The maximum absolute atomic E-state index is 13.0. The molecule has 0 amide bonds. The summed E-state index contributed by atoms with van der Waals surface area (Å²) < 4.78 is 36.2. The number of benzene rings is 5. The van der Waals surface area contributed by atoms with Crippen molar-refractivity contribution >= 4 is 11.9 Å². The molecule has 0 aliphatic heterocycles. The predicted octanol–water partition coefficient (Wildman–Crippen LogP) is 14.4. The summed E-state index contributed by atoms with van der Waals surface area (Å²) in [7, 11) is 0. The Morgan fingerprint density at radius 1 is 0.414 bits per heavy atom. The molecule has 70 heavy (non-hydrogen) atoms. The van der Waals surface area contributed by atoms with Gasteiger partial charge in [-0.2, -0.15) is 0 Å². The summed E-state index contributed by atoms with van der Waals surface area (Å²) in [6.45, 7) is 29.3. The maximum atomic E-state index is 13.0. The lowest BCUT2D eigenvalue weighted by Crippen LogP contribution is -2.28. The number of carbonyl (C=O) groups is 2. The van der Waals surface area contributed by atoms with E-state index in [1.165, 1.54) is 42.5 Å². The molecule has 0 aliphatic carbocycles. The van der Waals surface area contributed by atoms with E-state index in [0.717, 1.165) is 30.4 Å². The Morgan fingerprint density at radius 2 is 0.771 bits per heavy atom. The van der Waals surface area contributed by atoms with Crippen LogP contribution in [0.5, 0.6) is 51.7 Å². The molecular weight excluding hydrogens is 899 g/mol. The number of halogens is 2. The van der Waals surface area contributed by atoms with E-state index in [9.17, 15) is 49.0 Å². The Hall–Kier alpha value is -6.50. The third-order valence-corrected chi connectivity index (χ3v) is 12.9. The Morgan fingerprint density at radius 3 is 1.21 bits per heavy atom. The molecule has 0 atom stereocenters. The molecule has 0 aromatic heterocycles. The van der Waals surface area contributed by atoms with Gasteiger partial charge >= 0.3 is 11.9 Å². The van der Waals surface area contributed by atoms with Crippen LogP contribution in [0.15, 0.2) is 97.1 Å². The molecular formula is C57H78F2O11. The Bertz CT molecular complexity index is 2430. The summed E-state index contributed by atoms with van der Waals surface area (Å²) in [6.07, 6.45) is 4.05. The standard InChI is InChI=1S/C12H16O4.C12H16O3.C11H14F2O.C11H16O2.C11H16O/c1-4-12(2,3)11(15)16-9-7-5-6-8(13)10(9)14;1-4-12(2,3)11(14)15-10-8-6-5-7-9(10)13;1-4-11(2,3)7-5-8(12)10(14)9(13)6-7;1-4-11(2,3)8-6-5-7-9(12)10(8)13;1-4-11(2,3)9-7-5-6-8-10(9)12/h5-7,13-14H,4H2,1-3H3;5-8,13H,4H2,1-3H3;5-6,14H,4H2,1-3H3;5-7,12-13H,4H2,1-3H3;5-8,12H,4H2,1-3H3. The van der Waals surface area contributed by atoms with Gasteiger partial charge in [0.2, 0.25) is 5.75 Å². The molecule has 0 bridgehead atoms. The van der Waals surface area contributed by atoms with Crippen LogP contribution in [0, 0.1) is 22.5 Å². The number of phenolic OH excluding ortho intramolecular Hbond substituents is 7. The van der Waals surface area contributed by atoms with Crippen molar-refractivity contribution in [1.29, 1.82) is 0 Å². The number of rotatable bonds is 12. The van der Waals surface area contributed by atoms with E-state index in [4.69, 9.17) is 14.6 Å². The third-order valence-electron chi connectivity index (χ3n) is 12.9. The minimum Gasteiger partial charge on any atom is -0.508 e. The van der Waals surface area contributed by atoms with Gasteiger partial charge in [0, 0.05) is 5.56 Å². The summed E-state index contributed by atoms with van der Waals surface area (Å²) in [5.74, 6) is -3.64. The van der Waals surface area contributed by atoms with Crippen LogP contribution in [0.4, 0.5) is 8.78 Å². The molecule has 5 rings (SSSR count). The second kappa shape index (κ2) is 26.5. The maximum Gasteiger partial charge on any atom is 0.317 e. The second-order valence-electron chi connectivity index (χ2n) is 20.0. The summed E-state index contributed by atoms with van der Waals surface area (Å²) in [5.41, 5.74) is 0.958. The zero-order valence-electron chi connectivity index (χ0n) is 43.8. The average molecular weight is 977 g/mol. The van der Waals surface area contributed by atoms with E-state index in [1.54, 1.807) is 44.2 Å². The number of aromatic hydroxyl groups is 7. The minimum atomic E-state index is -0.902. The molecule has 0 spiro atoms. The highest BCUT2D eigenvalue weighted by Crippen LogP contribution is 2.39. The number of ether oxygens (including phenoxy) is 2. The van der Waals surface area contributed by atoms with Crippen LogP contribution in [0.2, 0.25) is 0 Å². The number of para-hydroxylation sites is 5. The lowest BCUT2D eigenvalue weighted by Gasteiger charge is -2.24. The predicted molar refractivity (Wildman–Crippen MR) is 273 cm³/mol. The van der Waals surface area contributed by atoms with Crippen molar-refractivity contribution < 1.29 is 63.6 Å². The topological polar surface area (TPSA) is 194 Å². The Balaban J connectivity index is 0.000000439. The van der Waals surface area contributed by atoms with Crippen molar-refractivity contribution in [2.75, 3.05) is 0 Å². The fourth-order valence-corrected chi connectivity index (χ4v) is 5.57. The number of hydrogen-bond acceptors (Lipinski definition) is 11. The van der Waals surface area contributed by atoms with E-state index < -0.39 is 39.9 Å². The smallest absolute Gasteiger partial charge is 0.317 e. The van der Waals surface area contributed by atoms with Gasteiger partial charge in [-0.25, -0.2) is 8.78 Å². The van der Waals surface area contributed by atoms with Crippen LogP contribution < -0.4 is 9.47 Å². The zero-order chi connectivity index (χ0) is 54.0. The minimum absolute atomic E-state index is 0.00866. The molecule has 0 aliphatic rings. The molecule has 5 aromatic rings. The van der Waals surface area contributed by atoms with Crippen molar-refractivity contribution in [3.8, 4) is 51.7 Å². The first kappa shape index (κ1) is 61.5. The summed E-state index contributed by atoms with van der Waals surface area (Å²) >= 11 is 0. The highest BCUT2D eigenvalue weighted by Gasteiger charge is 2.30. The van der Waals surface area contributed by atoms with Crippen molar-refractivity contribution in [3.05, 3.63) is 125 Å². The van der Waals surface area contributed by atoms with Crippen molar-refractivity contribution in [2.24, 2.45) is 10.8 Å². The van der Waals surface area contributed by atoms with Gasteiger partial charge in [0.05, 0.1) is 10.8 Å². The van der Waals surface area contributed by atoms with E-state index in [2.05, 4.69) is 27.7 Å². The van der Waals surface area contributed by atoms with E-state index in [0.29, 0.717) is 24.2 Å². The lowest BCUT2D eigenvalue weighted by molar-refractivity contribution is -0.145. The summed E-state index contributed by atoms with van der Waals surface area (Å²) in [4.78, 5) is 23.4. The third kappa shape index (κ3) is 17.8. The van der Waals surface area contributed by atoms with Crippen LogP contribution in [0.3, 0.4) is 0 Å². The number of esters is 2. The van der Waals surface area contributed by atoms with Gasteiger partial charge < -0.3 is 45.2 Å². The molecule has 0 saturated heterocycles. The first-order valence-electron chi connectivity index (χ1n) is 23.5. The van der Waals surface area contributed by atoms with Crippen LogP contribution >= 0.6 is 0 Å². The van der Waals surface area contributed by atoms with Gasteiger partial charge in [0.25, 0.3) is 0 Å². The first-order chi connectivity index (χ1) is 32.3. The Labute approximate surface area is 414 Å². The fraction of sp³-hybridized carbons (Fsp3) is 0.439. The first-order valence-corrected chi connectivity index (χ1v) is 23.5. The van der Waals surface area contributed by atoms with Crippen LogP contribution in [-0.2, 0) is 25.8 Å². The van der Waals surface area contributed by atoms with Gasteiger partial charge in [0.15, 0.2) is 51.9 Å². The quantitative estimate of drug-likeness (QED) is 0.0357. The SMILES string of the molecule is CCC(C)(C)C(=O)Oc1cccc(O)c1O.CCC(C)(C)C(=O)Oc1ccccc1O.CCC(C)(C)c1cc(F)c(O)c(F)c1.CCC(C)(C)c1cccc(O)c1O.CCC(C)(C)c1ccccc1O. The Kier molecular flexibility index (Phi) is 23.3. The monoisotopic (exact) mass is 977 g/mol. The van der Waals surface area contributed by atoms with E-state index in [1.807, 2.05) is 86.6 Å². The van der Waals surface area contributed by atoms with Crippen LogP contribution in [0.25, 0.3) is 0 Å². The molecule has 0 heterocycles. The number of carbonyl (C=O) groups excluding carboxylic acids is 2. The van der Waals surface area contributed by atoms with Crippen LogP contribution in [-0.4, -0.2) is 47.7 Å². The molecule has 0 fully saturated rings. The highest BCUT2D eigenvalue weighted by atomic mass is 19.1. The molecule has 7 N–H and O–H groups in total. The normalized spacial score (nSPS) is 11.4. The van der Waals surface area contributed by atoms with Crippen molar-refractivity contribution in [1.82, 2.24) is 0 Å². The van der Waals surface area contributed by atoms with Crippen molar-refractivity contribution in [2.45, 2.75) is 152 Å². The summed E-state index contributed by atoms with van der Waals surface area (Å²) in [6, 6.07) is 25.7. The molecule has 0 saturated carbocycles. The molecule has 0 radical (unpaired) electrons. The molecule has 5 aromatic carbocycles. The average Bonchev–Trinajstić information content (AvgIpc) is 3.31. The summed E-state index contributed by atoms with van der Waals surface area (Å²) in [5, 5.41) is 65.5. The van der Waals surface area contributed by atoms with Gasteiger partial charge in [0.1, 0.15) is 5.75 Å². The molecule has 11 nitrogen and oxygen atoms in total. The highest BCUT2D eigenvalue weighted by molar-refractivity contribution is 5.79. The zero-order valence-corrected chi connectivity index (χ0v) is 43.8. The van der Waals surface area contributed by atoms with E-state index in [-0.39, 0.29) is 56.7 Å². The van der Waals surface area contributed by atoms with Gasteiger partial charge in [-0.05, 0) is 136 Å². The number of phenols is 7. The van der Waals surface area contributed by atoms with E-state index >= 15 is 0 Å². The molecule has 13 heteroatoms. The largest absolute Gasteiger partial charge is 0.508 e. The lowest BCUT2D eigenvalue weighted by atomic mass is 9.81. The fourth-order valence-electron chi connectivity index (χ4n) is 5.57. The van der Waals surface area contributed by atoms with Crippen molar-refractivity contribution in [3.63, 3.8) is 0 Å².